The summed E-state index contributed by atoms with van der Waals surface area (Å²) in [7, 11) is 0. The maximum Gasteiger partial charge on any atom is 0.319 e. The largest absolute Gasteiger partial charge is 0.481 e. The van der Waals surface area contributed by atoms with Crippen molar-refractivity contribution in [2.45, 2.75) is 19.8 Å². The molecule has 0 spiro atoms. The van der Waals surface area contributed by atoms with Gasteiger partial charge in [-0.2, -0.15) is 0 Å². The summed E-state index contributed by atoms with van der Waals surface area (Å²) in [6, 6.07) is 5.10. The Morgan fingerprint density at radius 1 is 1.42 bits per heavy atom. The molecule has 1 aromatic carbocycles. The number of amides is 2. The summed E-state index contributed by atoms with van der Waals surface area (Å²) in [4.78, 5) is 22.6. The van der Waals surface area contributed by atoms with Gasteiger partial charge in [0.1, 0.15) is 0 Å². The summed E-state index contributed by atoms with van der Waals surface area (Å²) >= 11 is 3.39. The number of anilines is 1. The molecule has 1 saturated carbocycles. The van der Waals surface area contributed by atoms with Crippen molar-refractivity contribution in [1.29, 1.82) is 0 Å². The summed E-state index contributed by atoms with van der Waals surface area (Å²) in [5.74, 6) is -0.842. The van der Waals surface area contributed by atoms with Crippen LogP contribution in [0.3, 0.4) is 0 Å². The summed E-state index contributed by atoms with van der Waals surface area (Å²) in [6.07, 6.45) is 1.25. The van der Waals surface area contributed by atoms with Gasteiger partial charge in [-0.1, -0.05) is 22.0 Å². The molecule has 0 saturated heterocycles. The lowest BCUT2D eigenvalue weighted by molar-refractivity contribution is -0.143. The standard InChI is InChI=1S/C13H15BrN2O3/c1-8-2-3-9(6-10(8)14)16-12(19)15-7-13(4-5-13)11(17)18/h2-3,6H,4-5,7H2,1H3,(H,17,18)(H2,15,16,19). The Kier molecular flexibility index (Phi) is 3.80. The van der Waals surface area contributed by atoms with Gasteiger partial charge in [0.25, 0.3) is 0 Å². The Balaban J connectivity index is 1.88. The highest BCUT2D eigenvalue weighted by Crippen LogP contribution is 2.45. The van der Waals surface area contributed by atoms with E-state index in [1.54, 1.807) is 12.1 Å². The van der Waals surface area contributed by atoms with Crippen LogP contribution in [-0.2, 0) is 4.79 Å². The smallest absolute Gasteiger partial charge is 0.319 e. The number of urea groups is 1. The highest BCUT2D eigenvalue weighted by molar-refractivity contribution is 9.10. The average Bonchev–Trinajstić information content (AvgIpc) is 3.13. The van der Waals surface area contributed by atoms with Crippen molar-refractivity contribution < 1.29 is 14.7 Å². The summed E-state index contributed by atoms with van der Waals surface area (Å²) in [5.41, 5.74) is 0.995. The van der Waals surface area contributed by atoms with Gasteiger partial charge >= 0.3 is 12.0 Å². The van der Waals surface area contributed by atoms with Gasteiger partial charge in [-0.15, -0.1) is 0 Å². The third kappa shape index (κ3) is 3.26. The molecule has 3 N–H and O–H groups in total. The van der Waals surface area contributed by atoms with Gasteiger partial charge in [0.05, 0.1) is 5.41 Å². The molecule has 0 atom stereocenters. The number of carboxylic acid groups (broad SMARTS) is 1. The monoisotopic (exact) mass is 326 g/mol. The number of aryl methyl sites for hydroxylation is 1. The second-order valence-electron chi connectivity index (χ2n) is 4.86. The minimum atomic E-state index is -0.842. The summed E-state index contributed by atoms with van der Waals surface area (Å²) < 4.78 is 0.912. The maximum atomic E-state index is 11.7. The van der Waals surface area contributed by atoms with E-state index in [1.165, 1.54) is 0 Å². The first-order valence-corrected chi connectivity index (χ1v) is 6.77. The Bertz CT molecular complexity index is 527. The highest BCUT2D eigenvalue weighted by Gasteiger charge is 2.50. The molecule has 5 nitrogen and oxygen atoms in total. The van der Waals surface area contributed by atoms with E-state index in [2.05, 4.69) is 26.6 Å². The highest BCUT2D eigenvalue weighted by atomic mass is 79.9. The third-order valence-electron chi connectivity index (χ3n) is 3.32. The maximum absolute atomic E-state index is 11.7. The van der Waals surface area contributed by atoms with Crippen molar-refractivity contribution in [3.63, 3.8) is 0 Å². The predicted molar refractivity (Wildman–Crippen MR) is 75.2 cm³/mol. The van der Waals surface area contributed by atoms with Crippen molar-refractivity contribution in [3.8, 4) is 0 Å². The number of hydrogen-bond donors (Lipinski definition) is 3. The van der Waals surface area contributed by atoms with Gasteiger partial charge in [0, 0.05) is 16.7 Å². The number of carbonyl (C=O) groups is 2. The second kappa shape index (κ2) is 5.21. The van der Waals surface area contributed by atoms with Crippen LogP contribution in [0.25, 0.3) is 0 Å². The van der Waals surface area contributed by atoms with Crippen molar-refractivity contribution in [1.82, 2.24) is 5.32 Å². The minimum absolute atomic E-state index is 0.168. The number of carbonyl (C=O) groups excluding carboxylic acids is 1. The van der Waals surface area contributed by atoms with Crippen LogP contribution in [0.1, 0.15) is 18.4 Å². The number of nitrogens with one attached hydrogen (secondary N) is 2. The van der Waals surface area contributed by atoms with Gasteiger partial charge < -0.3 is 15.7 Å². The van der Waals surface area contributed by atoms with Gasteiger partial charge in [-0.25, -0.2) is 4.79 Å². The van der Waals surface area contributed by atoms with E-state index < -0.39 is 11.4 Å². The fraction of sp³-hybridized carbons (Fsp3) is 0.385. The van der Waals surface area contributed by atoms with Crippen LogP contribution in [0, 0.1) is 12.3 Å². The van der Waals surface area contributed by atoms with Crippen LogP contribution in [0.2, 0.25) is 0 Å². The van der Waals surface area contributed by atoms with Gasteiger partial charge in [0.2, 0.25) is 0 Å². The van der Waals surface area contributed by atoms with Gasteiger partial charge in [0.15, 0.2) is 0 Å². The summed E-state index contributed by atoms with van der Waals surface area (Å²) in [5, 5.41) is 14.3. The van der Waals surface area contributed by atoms with Crippen molar-refractivity contribution in [3.05, 3.63) is 28.2 Å². The van der Waals surface area contributed by atoms with Gasteiger partial charge in [-0.3, -0.25) is 4.79 Å². The molecule has 0 heterocycles. The number of aliphatic carboxylic acids is 1. The lowest BCUT2D eigenvalue weighted by atomic mass is 10.1. The molecule has 0 aliphatic heterocycles. The fourth-order valence-electron chi connectivity index (χ4n) is 1.71. The lowest BCUT2D eigenvalue weighted by Gasteiger charge is -2.12. The van der Waals surface area contributed by atoms with Crippen LogP contribution in [0.15, 0.2) is 22.7 Å². The second-order valence-corrected chi connectivity index (χ2v) is 5.71. The molecule has 0 bridgehead atoms. The Morgan fingerprint density at radius 3 is 2.63 bits per heavy atom. The van der Waals surface area contributed by atoms with Crippen LogP contribution in [0.4, 0.5) is 10.5 Å². The predicted octanol–water partition coefficient (Wildman–Crippen LogP) is 2.74. The lowest BCUT2D eigenvalue weighted by Crippen LogP contribution is -2.36. The normalized spacial score (nSPS) is 15.7. The zero-order valence-corrected chi connectivity index (χ0v) is 12.1. The summed E-state index contributed by atoms with van der Waals surface area (Å²) in [6.45, 7) is 2.12. The van der Waals surface area contributed by atoms with Crippen LogP contribution in [0.5, 0.6) is 0 Å². The number of hydrogen-bond acceptors (Lipinski definition) is 2. The molecule has 1 fully saturated rings. The topological polar surface area (TPSA) is 78.4 Å². The van der Waals surface area contributed by atoms with Crippen molar-refractivity contribution >= 4 is 33.6 Å². The molecule has 2 amide bonds. The Hall–Kier alpha value is -1.56. The Morgan fingerprint density at radius 2 is 2.11 bits per heavy atom. The molecular weight excluding hydrogens is 312 g/mol. The molecule has 6 heteroatoms. The van der Waals surface area contributed by atoms with Crippen LogP contribution >= 0.6 is 15.9 Å². The third-order valence-corrected chi connectivity index (χ3v) is 4.18. The average molecular weight is 327 g/mol. The molecule has 2 rings (SSSR count). The first-order valence-electron chi connectivity index (χ1n) is 5.97. The molecule has 0 radical (unpaired) electrons. The zero-order valence-electron chi connectivity index (χ0n) is 10.5. The number of carboxylic acids is 1. The number of rotatable bonds is 4. The Labute approximate surface area is 119 Å². The van der Waals surface area contributed by atoms with E-state index in [0.717, 1.165) is 10.0 Å². The van der Waals surface area contributed by atoms with E-state index >= 15 is 0 Å². The molecule has 1 aromatic rings. The SMILES string of the molecule is Cc1ccc(NC(=O)NCC2(C(=O)O)CC2)cc1Br. The van der Waals surface area contributed by atoms with Gasteiger partial charge in [-0.05, 0) is 37.5 Å². The number of benzene rings is 1. The molecular formula is C13H15BrN2O3. The molecule has 1 aliphatic carbocycles. The van der Waals surface area contributed by atoms with Crippen molar-refractivity contribution in [2.24, 2.45) is 5.41 Å². The van der Waals surface area contributed by atoms with E-state index in [1.807, 2.05) is 13.0 Å². The molecule has 0 aromatic heterocycles. The molecule has 19 heavy (non-hydrogen) atoms. The van der Waals surface area contributed by atoms with E-state index in [-0.39, 0.29) is 12.6 Å². The first-order chi connectivity index (χ1) is 8.93. The van der Waals surface area contributed by atoms with E-state index in [0.29, 0.717) is 18.5 Å². The van der Waals surface area contributed by atoms with Crippen molar-refractivity contribution in [2.75, 3.05) is 11.9 Å². The number of halogens is 1. The van der Waals surface area contributed by atoms with E-state index in [9.17, 15) is 9.59 Å². The first kappa shape index (κ1) is 13.9. The molecule has 0 unspecified atom stereocenters. The molecule has 102 valence electrons. The zero-order chi connectivity index (χ0) is 14.0. The molecule has 1 aliphatic rings. The quantitative estimate of drug-likeness (QED) is 0.796. The van der Waals surface area contributed by atoms with Crippen LogP contribution < -0.4 is 10.6 Å². The van der Waals surface area contributed by atoms with E-state index in [4.69, 9.17) is 5.11 Å². The van der Waals surface area contributed by atoms with Crippen LogP contribution in [-0.4, -0.2) is 23.7 Å². The minimum Gasteiger partial charge on any atom is -0.481 e. The fourth-order valence-corrected chi connectivity index (χ4v) is 2.09.